The molecule has 0 unspecified atom stereocenters. The molecular formula is C21H24N2O3S. The van der Waals surface area contributed by atoms with Crippen molar-refractivity contribution in [3.63, 3.8) is 0 Å². The number of benzene rings is 2. The van der Waals surface area contributed by atoms with E-state index in [0.717, 1.165) is 12.8 Å². The number of hydrogen-bond donors (Lipinski definition) is 0. The number of likely N-dealkylation sites (tertiary alicyclic amines) is 1. The standard InChI is InChI=1S/C21H24N2O3S/c24-20(18-8-3-1-4-9-18)22-16-13-21(14-17-22)12-7-15-23(21)27(25,26)19-10-5-2-6-11-19/h1-6,8-11H,7,12-17H2. The van der Waals surface area contributed by atoms with Crippen LogP contribution >= 0.6 is 0 Å². The third-order valence-corrected chi connectivity index (χ3v) is 7.88. The highest BCUT2D eigenvalue weighted by Crippen LogP contribution is 2.42. The molecule has 2 aliphatic heterocycles. The summed E-state index contributed by atoms with van der Waals surface area (Å²) >= 11 is 0. The first-order valence-electron chi connectivity index (χ1n) is 9.45. The van der Waals surface area contributed by atoms with Gasteiger partial charge in [-0.05, 0) is 49.9 Å². The van der Waals surface area contributed by atoms with Crippen LogP contribution in [0, 0.1) is 0 Å². The van der Waals surface area contributed by atoms with Crippen molar-refractivity contribution in [1.82, 2.24) is 9.21 Å². The number of rotatable bonds is 3. The molecular weight excluding hydrogens is 360 g/mol. The highest BCUT2D eigenvalue weighted by molar-refractivity contribution is 7.89. The van der Waals surface area contributed by atoms with E-state index >= 15 is 0 Å². The van der Waals surface area contributed by atoms with Crippen molar-refractivity contribution in [3.8, 4) is 0 Å². The van der Waals surface area contributed by atoms with Crippen LogP contribution in [0.25, 0.3) is 0 Å². The molecule has 0 radical (unpaired) electrons. The molecule has 1 amide bonds. The Labute approximate surface area is 160 Å². The topological polar surface area (TPSA) is 57.7 Å². The first kappa shape index (κ1) is 18.2. The first-order valence-corrected chi connectivity index (χ1v) is 10.9. The van der Waals surface area contributed by atoms with E-state index in [1.165, 1.54) is 0 Å². The van der Waals surface area contributed by atoms with Gasteiger partial charge in [0.05, 0.1) is 4.90 Å². The van der Waals surface area contributed by atoms with Crippen molar-refractivity contribution in [2.45, 2.75) is 36.1 Å². The average Bonchev–Trinajstić information content (AvgIpc) is 3.13. The number of carbonyl (C=O) groups is 1. The highest BCUT2D eigenvalue weighted by atomic mass is 32.2. The van der Waals surface area contributed by atoms with Crippen LogP contribution in [0.2, 0.25) is 0 Å². The van der Waals surface area contributed by atoms with Gasteiger partial charge in [0.15, 0.2) is 0 Å². The molecule has 2 aromatic rings. The monoisotopic (exact) mass is 384 g/mol. The second kappa shape index (κ2) is 7.09. The van der Waals surface area contributed by atoms with Gasteiger partial charge in [0.25, 0.3) is 5.91 Å². The lowest BCUT2D eigenvalue weighted by molar-refractivity contribution is 0.0587. The molecule has 4 rings (SSSR count). The minimum absolute atomic E-state index is 0.0286. The lowest BCUT2D eigenvalue weighted by Crippen LogP contribution is -2.54. The molecule has 6 heteroatoms. The molecule has 1 spiro atoms. The zero-order valence-corrected chi connectivity index (χ0v) is 16.1. The largest absolute Gasteiger partial charge is 0.339 e. The molecule has 0 bridgehead atoms. The Bertz CT molecular complexity index is 905. The third kappa shape index (κ3) is 3.28. The van der Waals surface area contributed by atoms with Gasteiger partial charge >= 0.3 is 0 Å². The van der Waals surface area contributed by atoms with Crippen molar-refractivity contribution in [3.05, 3.63) is 66.2 Å². The molecule has 2 fully saturated rings. The minimum atomic E-state index is -3.51. The van der Waals surface area contributed by atoms with Crippen LogP contribution in [-0.2, 0) is 10.0 Å². The first-order chi connectivity index (χ1) is 13.0. The molecule has 5 nitrogen and oxygen atoms in total. The average molecular weight is 385 g/mol. The fourth-order valence-corrected chi connectivity index (χ4v) is 6.31. The normalized spacial score (nSPS) is 20.1. The maximum atomic E-state index is 13.2. The summed E-state index contributed by atoms with van der Waals surface area (Å²) in [5, 5.41) is 0. The fourth-order valence-electron chi connectivity index (χ4n) is 4.40. The van der Waals surface area contributed by atoms with Gasteiger partial charge in [0, 0.05) is 30.7 Å². The number of hydrogen-bond acceptors (Lipinski definition) is 3. The van der Waals surface area contributed by atoms with Gasteiger partial charge in [-0.25, -0.2) is 8.42 Å². The Morgan fingerprint density at radius 3 is 2.04 bits per heavy atom. The van der Waals surface area contributed by atoms with E-state index < -0.39 is 10.0 Å². The lowest BCUT2D eigenvalue weighted by atomic mass is 9.86. The molecule has 2 aliphatic rings. The van der Waals surface area contributed by atoms with Gasteiger partial charge in [-0.3, -0.25) is 4.79 Å². The van der Waals surface area contributed by atoms with Crippen molar-refractivity contribution in [2.75, 3.05) is 19.6 Å². The molecule has 27 heavy (non-hydrogen) atoms. The van der Waals surface area contributed by atoms with Crippen molar-refractivity contribution < 1.29 is 13.2 Å². The summed E-state index contributed by atoms with van der Waals surface area (Å²) in [5.74, 6) is 0.0286. The molecule has 2 aromatic carbocycles. The van der Waals surface area contributed by atoms with Crippen LogP contribution in [0.5, 0.6) is 0 Å². The molecule has 0 saturated carbocycles. The molecule has 0 N–H and O–H groups in total. The van der Waals surface area contributed by atoms with Gasteiger partial charge < -0.3 is 4.90 Å². The van der Waals surface area contributed by atoms with Crippen LogP contribution in [0.15, 0.2) is 65.6 Å². The van der Waals surface area contributed by atoms with E-state index in [4.69, 9.17) is 0 Å². The predicted molar refractivity (Wildman–Crippen MR) is 104 cm³/mol. The van der Waals surface area contributed by atoms with E-state index in [1.807, 2.05) is 41.3 Å². The third-order valence-electron chi connectivity index (χ3n) is 5.87. The van der Waals surface area contributed by atoms with E-state index in [0.29, 0.717) is 42.9 Å². The summed E-state index contributed by atoms with van der Waals surface area (Å²) in [5.41, 5.74) is 0.330. The Morgan fingerprint density at radius 1 is 0.815 bits per heavy atom. The second-order valence-corrected chi connectivity index (χ2v) is 9.24. The molecule has 0 atom stereocenters. The van der Waals surface area contributed by atoms with Gasteiger partial charge in [-0.2, -0.15) is 4.31 Å². The van der Waals surface area contributed by atoms with Gasteiger partial charge in [-0.15, -0.1) is 0 Å². The summed E-state index contributed by atoms with van der Waals surface area (Å²) in [6, 6.07) is 18.0. The molecule has 0 aliphatic carbocycles. The quantitative estimate of drug-likeness (QED) is 0.817. The highest BCUT2D eigenvalue weighted by Gasteiger charge is 2.49. The van der Waals surface area contributed by atoms with Crippen molar-refractivity contribution >= 4 is 15.9 Å². The molecule has 2 heterocycles. The maximum Gasteiger partial charge on any atom is 0.253 e. The smallest absolute Gasteiger partial charge is 0.253 e. The van der Waals surface area contributed by atoms with Gasteiger partial charge in [0.2, 0.25) is 10.0 Å². The van der Waals surface area contributed by atoms with E-state index in [2.05, 4.69) is 0 Å². The Kier molecular flexibility index (Phi) is 4.78. The number of carbonyl (C=O) groups excluding carboxylic acids is 1. The predicted octanol–water partition coefficient (Wildman–Crippen LogP) is 3.15. The maximum absolute atomic E-state index is 13.2. The summed E-state index contributed by atoms with van der Waals surface area (Å²) in [6.45, 7) is 1.74. The fraction of sp³-hybridized carbons (Fsp3) is 0.381. The number of nitrogens with zero attached hydrogens (tertiary/aromatic N) is 2. The summed E-state index contributed by atoms with van der Waals surface area (Å²) in [7, 11) is -3.51. The molecule has 142 valence electrons. The zero-order valence-electron chi connectivity index (χ0n) is 15.3. The minimum Gasteiger partial charge on any atom is -0.339 e. The summed E-state index contributed by atoms with van der Waals surface area (Å²) < 4.78 is 28.1. The molecule has 2 saturated heterocycles. The van der Waals surface area contributed by atoms with E-state index in [9.17, 15) is 13.2 Å². The van der Waals surface area contributed by atoms with Crippen molar-refractivity contribution in [2.24, 2.45) is 0 Å². The van der Waals surface area contributed by atoms with Crippen LogP contribution in [-0.4, -0.2) is 48.7 Å². The number of amides is 1. The van der Waals surface area contributed by atoms with Crippen LogP contribution in [0.1, 0.15) is 36.0 Å². The van der Waals surface area contributed by atoms with E-state index in [1.54, 1.807) is 28.6 Å². The Hall–Kier alpha value is -2.18. The SMILES string of the molecule is O=C(c1ccccc1)N1CCC2(CCCN2S(=O)(=O)c2ccccc2)CC1. The zero-order chi connectivity index (χ0) is 18.9. The Balaban J connectivity index is 1.52. The Morgan fingerprint density at radius 2 is 1.41 bits per heavy atom. The summed E-state index contributed by atoms with van der Waals surface area (Å²) in [6.07, 6.45) is 3.13. The van der Waals surface area contributed by atoms with Gasteiger partial charge in [0.1, 0.15) is 0 Å². The van der Waals surface area contributed by atoms with Crippen LogP contribution in [0.4, 0.5) is 0 Å². The van der Waals surface area contributed by atoms with Crippen molar-refractivity contribution in [1.29, 1.82) is 0 Å². The van der Waals surface area contributed by atoms with Gasteiger partial charge in [-0.1, -0.05) is 36.4 Å². The van der Waals surface area contributed by atoms with E-state index in [-0.39, 0.29) is 11.4 Å². The number of piperidine rings is 1. The summed E-state index contributed by atoms with van der Waals surface area (Å²) in [4.78, 5) is 14.9. The second-order valence-electron chi connectivity index (χ2n) is 7.38. The molecule has 0 aromatic heterocycles. The number of sulfonamides is 1. The van der Waals surface area contributed by atoms with Crippen LogP contribution in [0.3, 0.4) is 0 Å². The lowest BCUT2D eigenvalue weighted by Gasteiger charge is -2.44. The van der Waals surface area contributed by atoms with Crippen LogP contribution < -0.4 is 0 Å².